The summed E-state index contributed by atoms with van der Waals surface area (Å²) in [5.41, 5.74) is 0. The molecule has 0 fully saturated rings. The molecule has 0 aromatic carbocycles. The van der Waals surface area contributed by atoms with Gasteiger partial charge in [0.2, 0.25) is 0 Å². The van der Waals surface area contributed by atoms with E-state index in [-0.39, 0.29) is 6.42 Å². The summed E-state index contributed by atoms with van der Waals surface area (Å²) in [7, 11) is 5.71. The van der Waals surface area contributed by atoms with Crippen LogP contribution in [0.1, 0.15) is 13.3 Å². The smallest absolute Gasteiger partial charge is 0.316 e. The van der Waals surface area contributed by atoms with E-state index < -0.39 is 18.0 Å². The molecule has 0 rings (SSSR count). The van der Waals surface area contributed by atoms with Crippen molar-refractivity contribution in [2.75, 3.05) is 27.7 Å². The number of carbonyl (C=O) groups excluding carboxylic acids is 2. The molecule has 5 nitrogen and oxygen atoms in total. The maximum atomic E-state index is 10.9. The minimum Gasteiger partial charge on any atom is -0.393 e. The SMILES string of the molecule is CC(=O)OC(=O)C[C@@H](O)C[N+](C)(C)C. The summed E-state index contributed by atoms with van der Waals surface area (Å²) in [6, 6.07) is 0. The summed E-state index contributed by atoms with van der Waals surface area (Å²) in [6.07, 6.45) is -0.920. The molecule has 0 spiro atoms. The van der Waals surface area contributed by atoms with Crippen molar-refractivity contribution in [1.82, 2.24) is 0 Å². The number of ether oxygens (including phenoxy) is 1. The number of hydrogen-bond acceptors (Lipinski definition) is 4. The molecule has 5 heteroatoms. The van der Waals surface area contributed by atoms with Crippen LogP contribution in [0.2, 0.25) is 0 Å². The zero-order valence-corrected chi connectivity index (χ0v) is 9.11. The highest BCUT2D eigenvalue weighted by molar-refractivity contribution is 5.84. The Hall–Kier alpha value is -0.940. The third-order valence-corrected chi connectivity index (χ3v) is 1.42. The van der Waals surface area contributed by atoms with E-state index in [2.05, 4.69) is 4.74 Å². The first-order chi connectivity index (χ1) is 6.20. The molecule has 0 saturated heterocycles. The van der Waals surface area contributed by atoms with Gasteiger partial charge in [0.1, 0.15) is 12.6 Å². The second-order valence-electron chi connectivity index (χ2n) is 4.30. The molecule has 0 aliphatic rings. The average molecular weight is 204 g/mol. The van der Waals surface area contributed by atoms with E-state index in [1.54, 1.807) is 0 Å². The normalized spacial score (nSPS) is 13.5. The van der Waals surface area contributed by atoms with Gasteiger partial charge in [-0.1, -0.05) is 0 Å². The Morgan fingerprint density at radius 2 is 1.86 bits per heavy atom. The zero-order chi connectivity index (χ0) is 11.4. The van der Waals surface area contributed by atoms with Gasteiger partial charge in [0.25, 0.3) is 0 Å². The first kappa shape index (κ1) is 13.1. The molecule has 0 saturated carbocycles. The Morgan fingerprint density at radius 3 is 2.21 bits per heavy atom. The summed E-state index contributed by atoms with van der Waals surface area (Å²) in [5.74, 6) is -1.33. The molecule has 0 heterocycles. The van der Waals surface area contributed by atoms with Crippen LogP contribution in [0, 0.1) is 0 Å². The molecule has 1 atom stereocenters. The Labute approximate surface area is 83.9 Å². The van der Waals surface area contributed by atoms with E-state index in [0.29, 0.717) is 11.0 Å². The van der Waals surface area contributed by atoms with Crippen LogP contribution in [0.25, 0.3) is 0 Å². The van der Waals surface area contributed by atoms with Crippen molar-refractivity contribution in [2.24, 2.45) is 0 Å². The largest absolute Gasteiger partial charge is 0.393 e. The van der Waals surface area contributed by atoms with Crippen molar-refractivity contribution in [3.8, 4) is 0 Å². The quantitative estimate of drug-likeness (QED) is 0.382. The third-order valence-electron chi connectivity index (χ3n) is 1.42. The highest BCUT2D eigenvalue weighted by atomic mass is 16.6. The number of quaternary nitrogens is 1. The van der Waals surface area contributed by atoms with Gasteiger partial charge in [-0.2, -0.15) is 0 Å². The van der Waals surface area contributed by atoms with Crippen molar-refractivity contribution < 1.29 is 23.9 Å². The van der Waals surface area contributed by atoms with Crippen LogP contribution in [0.3, 0.4) is 0 Å². The molecule has 1 N–H and O–H groups in total. The minimum atomic E-state index is -0.776. The maximum absolute atomic E-state index is 10.9. The Kier molecular flexibility index (Phi) is 4.73. The maximum Gasteiger partial charge on any atom is 0.316 e. The third kappa shape index (κ3) is 7.70. The fourth-order valence-corrected chi connectivity index (χ4v) is 1.09. The lowest BCUT2D eigenvalue weighted by Crippen LogP contribution is -2.42. The lowest BCUT2D eigenvalue weighted by atomic mass is 10.2. The average Bonchev–Trinajstić information content (AvgIpc) is 1.77. The van der Waals surface area contributed by atoms with Gasteiger partial charge in [0, 0.05) is 6.92 Å². The van der Waals surface area contributed by atoms with Gasteiger partial charge < -0.3 is 14.3 Å². The van der Waals surface area contributed by atoms with Crippen LogP contribution in [0.5, 0.6) is 0 Å². The lowest BCUT2D eigenvalue weighted by Gasteiger charge is -2.26. The van der Waals surface area contributed by atoms with E-state index in [1.165, 1.54) is 0 Å². The van der Waals surface area contributed by atoms with Gasteiger partial charge >= 0.3 is 11.9 Å². The standard InChI is InChI=1S/C9H18NO4/c1-7(11)14-9(13)5-8(12)6-10(2,3)4/h8,12H,5-6H2,1-4H3/q+1/t8-/m1/s1. The van der Waals surface area contributed by atoms with Crippen LogP contribution in [-0.4, -0.2) is 55.3 Å². The van der Waals surface area contributed by atoms with Crippen LogP contribution < -0.4 is 0 Å². The molecule has 14 heavy (non-hydrogen) atoms. The number of nitrogens with zero attached hydrogens (tertiary/aromatic N) is 1. The van der Waals surface area contributed by atoms with Gasteiger partial charge in [-0.25, -0.2) is 0 Å². The zero-order valence-electron chi connectivity index (χ0n) is 9.11. The molecule has 0 amide bonds. The summed E-state index contributed by atoms with van der Waals surface area (Å²) in [5, 5.41) is 9.44. The van der Waals surface area contributed by atoms with Crippen LogP contribution >= 0.6 is 0 Å². The van der Waals surface area contributed by atoms with Crippen molar-refractivity contribution in [1.29, 1.82) is 0 Å². The fourth-order valence-electron chi connectivity index (χ4n) is 1.09. The highest BCUT2D eigenvalue weighted by Crippen LogP contribution is 2.00. The molecule has 0 unspecified atom stereocenters. The fraction of sp³-hybridized carbons (Fsp3) is 0.778. The van der Waals surface area contributed by atoms with Crippen molar-refractivity contribution in [2.45, 2.75) is 19.4 Å². The van der Waals surface area contributed by atoms with Crippen LogP contribution in [-0.2, 0) is 14.3 Å². The summed E-state index contributed by atoms with van der Waals surface area (Å²) in [6.45, 7) is 1.59. The number of aliphatic hydroxyl groups is 1. The van der Waals surface area contributed by atoms with E-state index in [9.17, 15) is 14.7 Å². The predicted octanol–water partition coefficient (Wildman–Crippen LogP) is -0.467. The monoisotopic (exact) mass is 204 g/mol. The van der Waals surface area contributed by atoms with Crippen molar-refractivity contribution in [3.63, 3.8) is 0 Å². The van der Waals surface area contributed by atoms with Gasteiger partial charge in [-0.15, -0.1) is 0 Å². The minimum absolute atomic E-state index is 0.144. The van der Waals surface area contributed by atoms with Crippen LogP contribution in [0.4, 0.5) is 0 Å². The topological polar surface area (TPSA) is 63.6 Å². The number of carbonyl (C=O) groups is 2. The number of hydrogen-bond donors (Lipinski definition) is 1. The number of aliphatic hydroxyl groups excluding tert-OH is 1. The Balaban J connectivity index is 3.89. The van der Waals surface area contributed by atoms with E-state index >= 15 is 0 Å². The van der Waals surface area contributed by atoms with E-state index in [4.69, 9.17) is 0 Å². The Bertz CT molecular complexity index is 219. The number of likely N-dealkylation sites (N-methyl/N-ethyl adjacent to an activating group) is 1. The van der Waals surface area contributed by atoms with Crippen LogP contribution in [0.15, 0.2) is 0 Å². The molecule has 82 valence electrons. The molecule has 0 aromatic rings. The first-order valence-electron chi connectivity index (χ1n) is 4.40. The van der Waals surface area contributed by atoms with Gasteiger partial charge in [0.05, 0.1) is 27.6 Å². The number of esters is 2. The second kappa shape index (κ2) is 5.07. The second-order valence-corrected chi connectivity index (χ2v) is 4.30. The molecule has 0 bridgehead atoms. The molecular formula is C9H18NO4+. The van der Waals surface area contributed by atoms with Gasteiger partial charge in [-0.3, -0.25) is 9.59 Å². The Morgan fingerprint density at radius 1 is 1.36 bits per heavy atom. The highest BCUT2D eigenvalue weighted by Gasteiger charge is 2.20. The number of rotatable bonds is 4. The summed E-state index contributed by atoms with van der Waals surface area (Å²) >= 11 is 0. The first-order valence-corrected chi connectivity index (χ1v) is 4.40. The summed E-state index contributed by atoms with van der Waals surface area (Å²) in [4.78, 5) is 21.3. The van der Waals surface area contributed by atoms with Gasteiger partial charge in [-0.05, 0) is 0 Å². The van der Waals surface area contributed by atoms with E-state index in [1.807, 2.05) is 21.1 Å². The molecule has 0 aliphatic heterocycles. The lowest BCUT2D eigenvalue weighted by molar-refractivity contribution is -0.873. The molecule has 0 radical (unpaired) electrons. The molecule has 0 aliphatic carbocycles. The molecular weight excluding hydrogens is 186 g/mol. The molecule has 0 aromatic heterocycles. The van der Waals surface area contributed by atoms with E-state index in [0.717, 1.165) is 6.92 Å². The van der Waals surface area contributed by atoms with Crippen molar-refractivity contribution >= 4 is 11.9 Å². The summed E-state index contributed by atoms with van der Waals surface area (Å²) < 4.78 is 4.84. The van der Waals surface area contributed by atoms with Gasteiger partial charge in [0.15, 0.2) is 0 Å². The predicted molar refractivity (Wildman–Crippen MR) is 50.3 cm³/mol. The van der Waals surface area contributed by atoms with Crippen molar-refractivity contribution in [3.05, 3.63) is 0 Å².